The fourth-order valence-corrected chi connectivity index (χ4v) is 8.55. The van der Waals surface area contributed by atoms with Crippen LogP contribution in [-0.2, 0) is 35.3 Å². The maximum Gasteiger partial charge on any atom is 0.419 e. The number of rotatable bonds is 21. The summed E-state index contributed by atoms with van der Waals surface area (Å²) in [5.74, 6) is 1.02. The Bertz CT molecular complexity index is 1930. The van der Waals surface area contributed by atoms with E-state index in [0.717, 1.165) is 16.7 Å². The van der Waals surface area contributed by atoms with Crippen LogP contribution in [-0.4, -0.2) is 84.0 Å². The van der Waals surface area contributed by atoms with Crippen LogP contribution in [0, 0.1) is 16.7 Å². The Morgan fingerprint density at radius 3 is 1.90 bits per heavy atom. The van der Waals surface area contributed by atoms with Crippen LogP contribution in [0.1, 0.15) is 91.1 Å². The van der Waals surface area contributed by atoms with Crippen molar-refractivity contribution in [3.05, 3.63) is 114 Å². The fraction of sp³-hybridized carbons (Fsp3) is 0.478. The summed E-state index contributed by atoms with van der Waals surface area (Å²) in [4.78, 5) is 31.6. The summed E-state index contributed by atoms with van der Waals surface area (Å²) in [6.45, 7) is 17.8. The number of benzene rings is 3. The minimum atomic E-state index is -1.84. The molecule has 0 bridgehead atoms. The lowest BCUT2D eigenvalue weighted by molar-refractivity contribution is -0.139. The van der Waals surface area contributed by atoms with Gasteiger partial charge in [-0.3, -0.25) is 4.79 Å². The molecule has 0 aliphatic carbocycles. The SMILES string of the molecule is COc1ccc(C(OCC(C)(C)[C@@H](OP(OCCC#N)N(C(C)C)C(C)C)C(=O)NCCc2cn(C(=O)OC(C)(C)C)cn2)(c2ccccc2)c2ccc(OC)cc2)cc1. The second-order valence-electron chi connectivity index (χ2n) is 16.6. The zero-order valence-electron chi connectivity index (χ0n) is 36.9. The number of hydrogen-bond acceptors (Lipinski definition) is 11. The summed E-state index contributed by atoms with van der Waals surface area (Å²) in [6.07, 6.45) is 1.87. The average molecular weight is 844 g/mol. The van der Waals surface area contributed by atoms with Crippen LogP contribution in [0.3, 0.4) is 0 Å². The molecule has 0 fully saturated rings. The summed E-state index contributed by atoms with van der Waals surface area (Å²) in [7, 11) is 1.42. The van der Waals surface area contributed by atoms with Crippen LogP contribution >= 0.6 is 8.53 Å². The van der Waals surface area contributed by atoms with E-state index in [1.165, 1.54) is 10.9 Å². The van der Waals surface area contributed by atoms with Gasteiger partial charge in [0.2, 0.25) is 5.91 Å². The van der Waals surface area contributed by atoms with Gasteiger partial charge >= 0.3 is 6.09 Å². The van der Waals surface area contributed by atoms with Crippen molar-refractivity contribution < 1.29 is 37.6 Å². The molecule has 4 rings (SSSR count). The Morgan fingerprint density at radius 2 is 1.40 bits per heavy atom. The van der Waals surface area contributed by atoms with E-state index in [1.54, 1.807) is 41.2 Å². The van der Waals surface area contributed by atoms with Gasteiger partial charge in [0.15, 0.2) is 6.10 Å². The first kappa shape index (κ1) is 47.8. The number of amides is 1. The van der Waals surface area contributed by atoms with Crippen LogP contribution < -0.4 is 14.8 Å². The van der Waals surface area contributed by atoms with Crippen molar-refractivity contribution in [1.82, 2.24) is 19.5 Å². The van der Waals surface area contributed by atoms with Gasteiger partial charge in [-0.2, -0.15) is 5.26 Å². The highest BCUT2D eigenvalue weighted by molar-refractivity contribution is 7.44. The highest BCUT2D eigenvalue weighted by atomic mass is 31.2. The van der Waals surface area contributed by atoms with E-state index in [9.17, 15) is 14.9 Å². The highest BCUT2D eigenvalue weighted by Gasteiger charge is 2.45. The molecule has 4 aromatic rings. The lowest BCUT2D eigenvalue weighted by atomic mass is 9.79. The molecule has 13 nitrogen and oxygen atoms in total. The molecule has 0 saturated heterocycles. The largest absolute Gasteiger partial charge is 0.497 e. The summed E-state index contributed by atoms with van der Waals surface area (Å²) in [6, 6.07) is 27.6. The number of ether oxygens (including phenoxy) is 4. The van der Waals surface area contributed by atoms with Gasteiger partial charge in [0.25, 0.3) is 8.53 Å². The van der Waals surface area contributed by atoms with Crippen molar-refractivity contribution in [2.45, 2.75) is 105 Å². The molecule has 0 spiro atoms. The van der Waals surface area contributed by atoms with Gasteiger partial charge in [-0.05, 0) is 89.4 Å². The van der Waals surface area contributed by atoms with Gasteiger partial charge in [-0.1, -0.05) is 68.4 Å². The second-order valence-corrected chi connectivity index (χ2v) is 18.0. The van der Waals surface area contributed by atoms with Crippen molar-refractivity contribution in [1.29, 1.82) is 5.26 Å². The monoisotopic (exact) mass is 843 g/mol. The van der Waals surface area contributed by atoms with Gasteiger partial charge in [0.05, 0.1) is 45.6 Å². The molecule has 0 aliphatic rings. The first-order valence-electron chi connectivity index (χ1n) is 20.2. The molecule has 2 atom stereocenters. The third-order valence-electron chi connectivity index (χ3n) is 9.56. The van der Waals surface area contributed by atoms with Gasteiger partial charge in [0.1, 0.15) is 29.0 Å². The number of nitriles is 1. The fourth-order valence-electron chi connectivity index (χ4n) is 6.69. The maximum atomic E-state index is 14.6. The van der Waals surface area contributed by atoms with Crippen molar-refractivity contribution >= 4 is 20.5 Å². The van der Waals surface area contributed by atoms with E-state index in [1.807, 2.05) is 120 Å². The van der Waals surface area contributed by atoms with E-state index in [4.69, 9.17) is 28.0 Å². The molecule has 324 valence electrons. The lowest BCUT2D eigenvalue weighted by Gasteiger charge is -2.43. The molecule has 0 saturated carbocycles. The number of hydrogen-bond donors (Lipinski definition) is 1. The number of aromatic nitrogens is 2. The Labute approximate surface area is 357 Å². The highest BCUT2D eigenvalue weighted by Crippen LogP contribution is 2.50. The van der Waals surface area contributed by atoms with E-state index in [0.29, 0.717) is 23.6 Å². The maximum absolute atomic E-state index is 14.6. The number of methoxy groups -OCH3 is 2. The first-order chi connectivity index (χ1) is 28.4. The predicted octanol–water partition coefficient (Wildman–Crippen LogP) is 9.04. The molecule has 1 unspecified atom stereocenters. The average Bonchev–Trinajstić information content (AvgIpc) is 3.69. The summed E-state index contributed by atoms with van der Waals surface area (Å²) >= 11 is 0. The molecule has 1 N–H and O–H groups in total. The van der Waals surface area contributed by atoms with E-state index >= 15 is 0 Å². The van der Waals surface area contributed by atoms with E-state index in [-0.39, 0.29) is 44.2 Å². The van der Waals surface area contributed by atoms with Crippen LogP contribution in [0.4, 0.5) is 4.79 Å². The summed E-state index contributed by atoms with van der Waals surface area (Å²) in [5.41, 5.74) is 0.356. The van der Waals surface area contributed by atoms with Crippen molar-refractivity contribution in [3.63, 3.8) is 0 Å². The van der Waals surface area contributed by atoms with Gasteiger partial charge in [-0.25, -0.2) is 19.0 Å². The van der Waals surface area contributed by atoms with Gasteiger partial charge in [-0.15, -0.1) is 0 Å². The molecule has 0 radical (unpaired) electrons. The van der Waals surface area contributed by atoms with Crippen LogP contribution in [0.25, 0.3) is 0 Å². The Kier molecular flexibility index (Phi) is 17.2. The second kappa shape index (κ2) is 21.6. The van der Waals surface area contributed by atoms with Gasteiger partial charge in [0, 0.05) is 36.7 Å². The molecule has 60 heavy (non-hydrogen) atoms. The smallest absolute Gasteiger partial charge is 0.419 e. The molecular formula is C46H62N5O8P. The third kappa shape index (κ3) is 12.6. The molecule has 0 aliphatic heterocycles. The van der Waals surface area contributed by atoms with E-state index < -0.39 is 37.3 Å². The summed E-state index contributed by atoms with van der Waals surface area (Å²) < 4.78 is 40.4. The minimum absolute atomic E-state index is 0.00257. The molecule has 1 aromatic heterocycles. The number of imidazole rings is 1. The summed E-state index contributed by atoms with van der Waals surface area (Å²) in [5, 5.41) is 12.5. The van der Waals surface area contributed by atoms with Crippen molar-refractivity contribution in [3.8, 4) is 17.6 Å². The van der Waals surface area contributed by atoms with Gasteiger partial charge < -0.3 is 33.3 Å². The van der Waals surface area contributed by atoms with Crippen LogP contribution in [0.5, 0.6) is 11.5 Å². The van der Waals surface area contributed by atoms with Crippen molar-refractivity contribution in [2.75, 3.05) is 34.0 Å². The molecule has 1 amide bonds. The topological polar surface area (TPSA) is 146 Å². The van der Waals surface area contributed by atoms with Crippen LogP contribution in [0.2, 0.25) is 0 Å². The molecule has 1 heterocycles. The quantitative estimate of drug-likeness (QED) is 0.0487. The number of nitrogens with one attached hydrogen (secondary N) is 1. The number of carbonyl (C=O) groups is 2. The predicted molar refractivity (Wildman–Crippen MR) is 233 cm³/mol. The normalized spacial score (nSPS) is 13.2. The van der Waals surface area contributed by atoms with Crippen molar-refractivity contribution in [2.24, 2.45) is 5.41 Å². The zero-order valence-corrected chi connectivity index (χ0v) is 37.8. The number of carbonyl (C=O) groups excluding carboxylic acids is 2. The standard InChI is InChI=1S/C46H62N5O8P/c1-33(2)51(34(3)4)60(57-29-15-27-47)59-41(42(52)48-28-26-38-30-50(32-49-38)43(53)58-44(5,6)7)45(8,9)31-56-46(35-16-13-12-14-17-35,36-18-22-39(54-10)23-19-36)37-20-24-40(55-11)25-21-37/h12-14,16-25,30,32-34,41H,15,26,28-29,31H2,1-11H3,(H,48,52)/t41-,60?/m0/s1. The van der Waals surface area contributed by atoms with Crippen LogP contribution in [0.15, 0.2) is 91.4 Å². The zero-order chi connectivity index (χ0) is 44.1. The number of nitrogens with zero attached hydrogens (tertiary/aromatic N) is 4. The lowest BCUT2D eigenvalue weighted by Crippen LogP contribution is -2.50. The molecule has 14 heteroatoms. The molecular weight excluding hydrogens is 782 g/mol. The minimum Gasteiger partial charge on any atom is -0.497 e. The first-order valence-corrected chi connectivity index (χ1v) is 21.4. The molecule has 3 aromatic carbocycles. The Morgan fingerprint density at radius 1 is 0.850 bits per heavy atom. The third-order valence-corrected chi connectivity index (χ3v) is 11.7. The Hall–Kier alpha value is -4.83. The van der Waals surface area contributed by atoms with E-state index in [2.05, 4.69) is 21.0 Å². The Balaban J connectivity index is 1.75.